The zero-order valence-corrected chi connectivity index (χ0v) is 12.5. The third-order valence-corrected chi connectivity index (χ3v) is 3.94. The van der Waals surface area contributed by atoms with Gasteiger partial charge in [-0.3, -0.25) is 0 Å². The van der Waals surface area contributed by atoms with E-state index in [0.717, 1.165) is 25.4 Å². The molecule has 0 aliphatic carbocycles. The van der Waals surface area contributed by atoms with Gasteiger partial charge in [0.2, 0.25) is 0 Å². The molecule has 1 aliphatic rings. The summed E-state index contributed by atoms with van der Waals surface area (Å²) in [5.74, 6) is 0.870. The lowest BCUT2D eigenvalue weighted by atomic mass is 10.1. The van der Waals surface area contributed by atoms with Gasteiger partial charge in [0, 0.05) is 19.1 Å². The van der Waals surface area contributed by atoms with E-state index in [-0.39, 0.29) is 12.1 Å². The predicted octanol–water partition coefficient (Wildman–Crippen LogP) is 1.80. The molecule has 20 heavy (non-hydrogen) atoms. The van der Waals surface area contributed by atoms with Crippen LogP contribution in [0.1, 0.15) is 31.4 Å². The highest BCUT2D eigenvalue weighted by molar-refractivity contribution is 5.28. The van der Waals surface area contributed by atoms with E-state index in [1.165, 1.54) is 18.4 Å². The van der Waals surface area contributed by atoms with E-state index in [1.807, 2.05) is 12.1 Å². The topological polar surface area (TPSA) is 44.7 Å². The Kier molecular flexibility index (Phi) is 5.83. The summed E-state index contributed by atoms with van der Waals surface area (Å²) in [6.07, 6.45) is 2.24. The number of hydrogen-bond donors (Lipinski definition) is 2. The van der Waals surface area contributed by atoms with E-state index in [4.69, 9.17) is 4.74 Å². The van der Waals surface area contributed by atoms with E-state index in [0.29, 0.717) is 6.54 Å². The van der Waals surface area contributed by atoms with Gasteiger partial charge in [0.1, 0.15) is 5.75 Å². The Bertz CT molecular complexity index is 388. The van der Waals surface area contributed by atoms with Gasteiger partial charge in [0.15, 0.2) is 0 Å². The number of β-amino-alcohol motifs (C(OH)–C–C–N with tert-alkyl or cyclic N) is 1. The van der Waals surface area contributed by atoms with Crippen LogP contribution in [0.15, 0.2) is 24.3 Å². The second kappa shape index (κ2) is 7.62. The smallest absolute Gasteiger partial charge is 0.118 e. The summed E-state index contributed by atoms with van der Waals surface area (Å²) >= 11 is 0. The fraction of sp³-hybridized carbons (Fsp3) is 0.625. The quantitative estimate of drug-likeness (QED) is 0.798. The molecule has 1 heterocycles. The molecule has 0 amide bonds. The summed E-state index contributed by atoms with van der Waals surface area (Å²) < 4.78 is 5.16. The number of nitrogens with one attached hydrogen (secondary N) is 1. The van der Waals surface area contributed by atoms with Crippen LogP contribution in [0, 0.1) is 0 Å². The summed E-state index contributed by atoms with van der Waals surface area (Å²) in [6.45, 7) is 5.78. The molecule has 2 rings (SSSR count). The first-order chi connectivity index (χ1) is 9.69. The van der Waals surface area contributed by atoms with E-state index in [9.17, 15) is 5.11 Å². The second-order valence-corrected chi connectivity index (χ2v) is 5.56. The van der Waals surface area contributed by atoms with Crippen LogP contribution in [-0.2, 0) is 0 Å². The van der Waals surface area contributed by atoms with Crippen molar-refractivity contribution >= 4 is 0 Å². The number of benzene rings is 1. The minimum atomic E-state index is -0.297. The number of methoxy groups -OCH3 is 1. The minimum absolute atomic E-state index is 0.231. The average Bonchev–Trinajstić information content (AvgIpc) is 2.97. The van der Waals surface area contributed by atoms with E-state index in [1.54, 1.807) is 7.11 Å². The van der Waals surface area contributed by atoms with Crippen LogP contribution in [0.3, 0.4) is 0 Å². The molecule has 112 valence electrons. The number of aliphatic hydroxyl groups excluding tert-OH is 1. The van der Waals surface area contributed by atoms with Crippen LogP contribution < -0.4 is 10.1 Å². The lowest BCUT2D eigenvalue weighted by molar-refractivity contribution is 0.121. The molecule has 0 radical (unpaired) electrons. The van der Waals surface area contributed by atoms with Gasteiger partial charge in [-0.25, -0.2) is 0 Å². The molecule has 0 spiro atoms. The summed E-state index contributed by atoms with van der Waals surface area (Å²) in [5, 5.41) is 13.5. The molecule has 2 N–H and O–H groups in total. The first-order valence-electron chi connectivity index (χ1n) is 7.47. The van der Waals surface area contributed by atoms with Crippen molar-refractivity contribution in [3.05, 3.63) is 29.8 Å². The molecule has 4 nitrogen and oxygen atoms in total. The van der Waals surface area contributed by atoms with Crippen LogP contribution in [0.4, 0.5) is 0 Å². The van der Waals surface area contributed by atoms with Crippen molar-refractivity contribution in [2.24, 2.45) is 0 Å². The van der Waals surface area contributed by atoms with Crippen molar-refractivity contribution in [3.8, 4) is 5.75 Å². The van der Waals surface area contributed by atoms with Gasteiger partial charge in [-0.15, -0.1) is 0 Å². The normalized spacial score (nSPS) is 18.9. The van der Waals surface area contributed by atoms with Gasteiger partial charge in [-0.2, -0.15) is 0 Å². The van der Waals surface area contributed by atoms with Crippen molar-refractivity contribution in [1.29, 1.82) is 0 Å². The van der Waals surface area contributed by atoms with Crippen LogP contribution in [-0.4, -0.2) is 49.4 Å². The van der Waals surface area contributed by atoms with Crippen LogP contribution in [0.5, 0.6) is 5.75 Å². The van der Waals surface area contributed by atoms with E-state index >= 15 is 0 Å². The summed E-state index contributed by atoms with van der Waals surface area (Å²) in [7, 11) is 1.67. The number of ether oxygens (including phenoxy) is 1. The lowest BCUT2D eigenvalue weighted by Gasteiger charge is -2.22. The van der Waals surface area contributed by atoms with Crippen molar-refractivity contribution < 1.29 is 9.84 Å². The number of hydrogen-bond acceptors (Lipinski definition) is 4. The zero-order chi connectivity index (χ0) is 14.4. The monoisotopic (exact) mass is 278 g/mol. The minimum Gasteiger partial charge on any atom is -0.497 e. The molecule has 1 unspecified atom stereocenters. The standard InChI is InChI=1S/C16H26N2O2/c1-13(14-5-7-16(20-2)8-6-14)17-11-15(19)12-18-9-3-4-10-18/h5-8,13,15,17,19H,3-4,9-12H2,1-2H3/t13-,15?/m1/s1. The van der Waals surface area contributed by atoms with E-state index < -0.39 is 0 Å². The van der Waals surface area contributed by atoms with Crippen LogP contribution >= 0.6 is 0 Å². The summed E-state index contributed by atoms with van der Waals surface area (Å²) in [6, 6.07) is 8.28. The number of nitrogens with zero attached hydrogens (tertiary/aromatic N) is 1. The van der Waals surface area contributed by atoms with Gasteiger partial charge in [-0.1, -0.05) is 12.1 Å². The van der Waals surface area contributed by atoms with Gasteiger partial charge in [0.25, 0.3) is 0 Å². The molecular weight excluding hydrogens is 252 g/mol. The molecular formula is C16H26N2O2. The maximum absolute atomic E-state index is 10.1. The van der Waals surface area contributed by atoms with Gasteiger partial charge in [-0.05, 0) is 50.6 Å². The fourth-order valence-electron chi connectivity index (χ4n) is 2.65. The van der Waals surface area contributed by atoms with Crippen molar-refractivity contribution in [2.45, 2.75) is 31.9 Å². The Morgan fingerprint density at radius 2 is 1.90 bits per heavy atom. The van der Waals surface area contributed by atoms with Crippen molar-refractivity contribution in [2.75, 3.05) is 33.3 Å². The first-order valence-corrected chi connectivity index (χ1v) is 7.47. The summed E-state index contributed by atoms with van der Waals surface area (Å²) in [5.41, 5.74) is 1.21. The van der Waals surface area contributed by atoms with Crippen molar-refractivity contribution in [1.82, 2.24) is 10.2 Å². The maximum Gasteiger partial charge on any atom is 0.118 e. The Balaban J connectivity index is 1.74. The van der Waals surface area contributed by atoms with Gasteiger partial charge >= 0.3 is 0 Å². The van der Waals surface area contributed by atoms with Crippen LogP contribution in [0.2, 0.25) is 0 Å². The molecule has 1 aliphatic heterocycles. The SMILES string of the molecule is COc1ccc([C@@H](C)NCC(O)CN2CCCC2)cc1. The number of aliphatic hydroxyl groups is 1. The zero-order valence-electron chi connectivity index (χ0n) is 12.5. The Morgan fingerprint density at radius 1 is 1.25 bits per heavy atom. The predicted molar refractivity (Wildman–Crippen MR) is 81.1 cm³/mol. The molecule has 2 atom stereocenters. The molecule has 0 saturated carbocycles. The highest BCUT2D eigenvalue weighted by Gasteiger charge is 2.16. The first kappa shape index (κ1) is 15.3. The molecule has 0 aromatic heterocycles. The molecule has 4 heteroatoms. The van der Waals surface area contributed by atoms with Crippen LogP contribution in [0.25, 0.3) is 0 Å². The highest BCUT2D eigenvalue weighted by atomic mass is 16.5. The van der Waals surface area contributed by atoms with Gasteiger partial charge < -0.3 is 20.1 Å². The maximum atomic E-state index is 10.1. The molecule has 1 aromatic rings. The Hall–Kier alpha value is -1.10. The largest absolute Gasteiger partial charge is 0.497 e. The summed E-state index contributed by atoms with van der Waals surface area (Å²) in [4.78, 5) is 2.34. The second-order valence-electron chi connectivity index (χ2n) is 5.56. The fourth-order valence-corrected chi connectivity index (χ4v) is 2.65. The van der Waals surface area contributed by atoms with E-state index in [2.05, 4.69) is 29.3 Å². The van der Waals surface area contributed by atoms with Crippen molar-refractivity contribution in [3.63, 3.8) is 0 Å². The molecule has 1 aromatic carbocycles. The molecule has 0 bridgehead atoms. The molecule has 1 saturated heterocycles. The Morgan fingerprint density at radius 3 is 2.50 bits per heavy atom. The number of rotatable bonds is 7. The third kappa shape index (κ3) is 4.47. The Labute approximate surface area is 121 Å². The highest BCUT2D eigenvalue weighted by Crippen LogP contribution is 2.17. The lowest BCUT2D eigenvalue weighted by Crippen LogP contribution is -2.37. The number of likely N-dealkylation sites (tertiary alicyclic amines) is 1. The molecule has 1 fully saturated rings. The third-order valence-electron chi connectivity index (χ3n) is 3.94. The van der Waals surface area contributed by atoms with Gasteiger partial charge in [0.05, 0.1) is 13.2 Å². The average molecular weight is 278 g/mol.